The number of thioether (sulfide) groups is 1. The van der Waals surface area contributed by atoms with Gasteiger partial charge in [0, 0.05) is 16.7 Å². The fraction of sp³-hybridized carbons (Fsp3) is 0.0455. The van der Waals surface area contributed by atoms with Gasteiger partial charge in [-0.2, -0.15) is 0 Å². The molecule has 1 N–H and O–H groups in total. The Labute approximate surface area is 186 Å². The largest absolute Gasteiger partial charge is 0.478 e. The van der Waals surface area contributed by atoms with Gasteiger partial charge >= 0.3 is 5.97 Å². The van der Waals surface area contributed by atoms with Gasteiger partial charge in [0.1, 0.15) is 11.5 Å². The summed E-state index contributed by atoms with van der Waals surface area (Å²) in [5, 5.41) is 9.86. The minimum Gasteiger partial charge on any atom is -0.478 e. The van der Waals surface area contributed by atoms with Crippen molar-refractivity contribution in [1.29, 1.82) is 0 Å². The Kier molecular flexibility index (Phi) is 5.51. The number of furan rings is 1. The molecular formula is C22H14ClNO4S2. The van der Waals surface area contributed by atoms with E-state index in [2.05, 4.69) is 0 Å². The first kappa shape index (κ1) is 20.4. The van der Waals surface area contributed by atoms with Gasteiger partial charge < -0.3 is 9.52 Å². The summed E-state index contributed by atoms with van der Waals surface area (Å²) in [5.41, 5.74) is 2.13. The van der Waals surface area contributed by atoms with E-state index in [0.717, 1.165) is 22.9 Å². The van der Waals surface area contributed by atoms with Crippen LogP contribution in [0.25, 0.3) is 17.4 Å². The monoisotopic (exact) mass is 455 g/mol. The third kappa shape index (κ3) is 3.92. The van der Waals surface area contributed by atoms with E-state index in [0.29, 0.717) is 31.5 Å². The third-order valence-corrected chi connectivity index (χ3v) is 6.04. The Morgan fingerprint density at radius 2 is 2.00 bits per heavy atom. The number of hydrogen-bond donors (Lipinski definition) is 1. The van der Waals surface area contributed by atoms with Crippen LogP contribution in [0.4, 0.5) is 5.69 Å². The van der Waals surface area contributed by atoms with E-state index in [-0.39, 0.29) is 11.5 Å². The van der Waals surface area contributed by atoms with E-state index in [1.54, 1.807) is 43.3 Å². The van der Waals surface area contributed by atoms with Crippen molar-refractivity contribution in [3.8, 4) is 11.3 Å². The number of benzene rings is 2. The zero-order valence-corrected chi connectivity index (χ0v) is 18.0. The Bertz CT molecular complexity index is 1230. The number of thiocarbonyl (C=S) groups is 1. The third-order valence-electron chi connectivity index (χ3n) is 4.50. The Morgan fingerprint density at radius 3 is 2.73 bits per heavy atom. The molecule has 3 aromatic rings. The van der Waals surface area contributed by atoms with Gasteiger partial charge in [0.15, 0.2) is 4.32 Å². The van der Waals surface area contributed by atoms with E-state index in [1.165, 1.54) is 17.0 Å². The number of carboxylic acid groups (broad SMARTS) is 1. The molecule has 5 nitrogen and oxygen atoms in total. The summed E-state index contributed by atoms with van der Waals surface area (Å²) in [6, 6.07) is 15.5. The molecule has 4 rings (SSSR count). The molecule has 1 saturated heterocycles. The van der Waals surface area contributed by atoms with Crippen LogP contribution in [0.15, 0.2) is 63.9 Å². The second kappa shape index (κ2) is 8.10. The maximum Gasteiger partial charge on any atom is 0.335 e. The zero-order valence-electron chi connectivity index (χ0n) is 15.6. The van der Waals surface area contributed by atoms with Crippen LogP contribution >= 0.6 is 35.6 Å². The zero-order chi connectivity index (χ0) is 21.4. The minimum atomic E-state index is -1.07. The summed E-state index contributed by atoms with van der Waals surface area (Å²) in [7, 11) is 0. The summed E-state index contributed by atoms with van der Waals surface area (Å²) in [6.07, 6.45) is 1.63. The maximum atomic E-state index is 13.0. The first-order valence-corrected chi connectivity index (χ1v) is 10.4. The topological polar surface area (TPSA) is 70.8 Å². The lowest BCUT2D eigenvalue weighted by Crippen LogP contribution is -2.28. The van der Waals surface area contributed by atoms with Crippen LogP contribution in [0.5, 0.6) is 0 Å². The van der Waals surface area contributed by atoms with Crippen LogP contribution in [0, 0.1) is 6.92 Å². The van der Waals surface area contributed by atoms with Crippen molar-refractivity contribution in [3.63, 3.8) is 0 Å². The van der Waals surface area contributed by atoms with E-state index in [9.17, 15) is 14.7 Å². The number of amides is 1. The highest BCUT2D eigenvalue weighted by molar-refractivity contribution is 8.27. The van der Waals surface area contributed by atoms with Crippen LogP contribution in [0.3, 0.4) is 0 Å². The SMILES string of the molecule is Cc1ccc(C(=O)O)cc1N1C(=O)C(=Cc2ccc(-c3cccc(Cl)c3)o2)SC1=S. The van der Waals surface area contributed by atoms with Gasteiger partial charge in [0.05, 0.1) is 16.2 Å². The van der Waals surface area contributed by atoms with Crippen molar-refractivity contribution < 1.29 is 19.1 Å². The fourth-order valence-electron chi connectivity index (χ4n) is 3.02. The van der Waals surface area contributed by atoms with Gasteiger partial charge in [-0.15, -0.1) is 0 Å². The Balaban J connectivity index is 1.64. The van der Waals surface area contributed by atoms with Gasteiger partial charge in [0.25, 0.3) is 5.91 Å². The molecule has 2 aromatic carbocycles. The van der Waals surface area contributed by atoms with Crippen molar-refractivity contribution >= 4 is 63.5 Å². The molecular weight excluding hydrogens is 442 g/mol. The van der Waals surface area contributed by atoms with Crippen LogP contribution in [0.1, 0.15) is 21.7 Å². The first-order chi connectivity index (χ1) is 14.3. The number of carbonyl (C=O) groups is 2. The Morgan fingerprint density at radius 1 is 1.20 bits per heavy atom. The summed E-state index contributed by atoms with van der Waals surface area (Å²) in [5.74, 6) is -0.261. The molecule has 1 fully saturated rings. The summed E-state index contributed by atoms with van der Waals surface area (Å²) in [4.78, 5) is 26.1. The molecule has 0 radical (unpaired) electrons. The highest BCUT2D eigenvalue weighted by atomic mass is 35.5. The molecule has 8 heteroatoms. The number of carboxylic acids is 1. The van der Waals surface area contributed by atoms with Gasteiger partial charge in [-0.1, -0.05) is 53.8 Å². The number of nitrogens with zero attached hydrogens (tertiary/aromatic N) is 1. The first-order valence-electron chi connectivity index (χ1n) is 8.81. The molecule has 0 aliphatic carbocycles. The van der Waals surface area contributed by atoms with E-state index >= 15 is 0 Å². The highest BCUT2D eigenvalue weighted by Crippen LogP contribution is 2.38. The van der Waals surface area contributed by atoms with Crippen molar-refractivity contribution in [1.82, 2.24) is 0 Å². The van der Waals surface area contributed by atoms with Gasteiger partial charge in [0.2, 0.25) is 0 Å². The predicted molar refractivity (Wildman–Crippen MR) is 123 cm³/mol. The molecule has 150 valence electrons. The maximum absolute atomic E-state index is 13.0. The van der Waals surface area contributed by atoms with E-state index in [1.807, 2.05) is 12.1 Å². The molecule has 1 aliphatic heterocycles. The average Bonchev–Trinajstić information content (AvgIpc) is 3.27. The number of hydrogen-bond acceptors (Lipinski definition) is 5. The Hall–Kier alpha value is -2.87. The molecule has 0 saturated carbocycles. The van der Waals surface area contributed by atoms with Gasteiger partial charge in [-0.3, -0.25) is 9.69 Å². The highest BCUT2D eigenvalue weighted by Gasteiger charge is 2.34. The number of carbonyl (C=O) groups excluding carboxylic acids is 1. The van der Waals surface area contributed by atoms with Gasteiger partial charge in [-0.05, 0) is 48.9 Å². The molecule has 1 aliphatic rings. The van der Waals surface area contributed by atoms with Crippen LogP contribution < -0.4 is 4.90 Å². The molecule has 2 heterocycles. The van der Waals surface area contributed by atoms with Crippen LogP contribution in [-0.4, -0.2) is 21.3 Å². The average molecular weight is 456 g/mol. The van der Waals surface area contributed by atoms with Crippen LogP contribution in [-0.2, 0) is 4.79 Å². The standard InChI is InChI=1S/C22H14ClNO4S2/c1-12-5-6-14(21(26)27)10-17(12)24-20(25)19(30-22(24)29)11-16-7-8-18(28-16)13-3-2-4-15(23)9-13/h2-11H,1H3,(H,26,27). The summed E-state index contributed by atoms with van der Waals surface area (Å²) >= 11 is 12.6. The van der Waals surface area contributed by atoms with Crippen LogP contribution in [0.2, 0.25) is 5.02 Å². The molecule has 1 aromatic heterocycles. The lowest BCUT2D eigenvalue weighted by atomic mass is 10.1. The normalized spacial score (nSPS) is 15.3. The molecule has 0 unspecified atom stereocenters. The van der Waals surface area contributed by atoms with Crippen molar-refractivity contribution in [2.24, 2.45) is 0 Å². The molecule has 1 amide bonds. The second-order valence-electron chi connectivity index (χ2n) is 6.54. The van der Waals surface area contributed by atoms with Crippen molar-refractivity contribution in [2.45, 2.75) is 6.92 Å². The second-order valence-corrected chi connectivity index (χ2v) is 8.65. The lowest BCUT2D eigenvalue weighted by Gasteiger charge is -2.17. The predicted octanol–water partition coefficient (Wildman–Crippen LogP) is 6.01. The molecule has 30 heavy (non-hydrogen) atoms. The van der Waals surface area contributed by atoms with Gasteiger partial charge in [-0.25, -0.2) is 4.79 Å². The number of rotatable bonds is 4. The summed E-state index contributed by atoms with van der Waals surface area (Å²) < 4.78 is 6.18. The number of anilines is 1. The minimum absolute atomic E-state index is 0.0887. The fourth-order valence-corrected chi connectivity index (χ4v) is 4.47. The number of aryl methyl sites for hydroxylation is 1. The van der Waals surface area contributed by atoms with E-state index < -0.39 is 5.97 Å². The number of aromatic carboxylic acids is 1. The molecule has 0 atom stereocenters. The smallest absolute Gasteiger partial charge is 0.335 e. The van der Waals surface area contributed by atoms with Crippen molar-refractivity contribution in [2.75, 3.05) is 4.90 Å². The molecule has 0 bridgehead atoms. The quantitative estimate of drug-likeness (QED) is 0.383. The summed E-state index contributed by atoms with van der Waals surface area (Å²) in [6.45, 7) is 1.80. The number of halogens is 1. The van der Waals surface area contributed by atoms with Crippen molar-refractivity contribution in [3.05, 3.63) is 81.4 Å². The van der Waals surface area contributed by atoms with E-state index in [4.69, 9.17) is 28.2 Å². The lowest BCUT2D eigenvalue weighted by molar-refractivity contribution is -0.113. The molecule has 0 spiro atoms.